The molecule has 6 aromatic rings. The van der Waals surface area contributed by atoms with Gasteiger partial charge in [-0.15, -0.1) is 0 Å². The van der Waals surface area contributed by atoms with E-state index in [1.54, 1.807) is 46.6 Å². The summed E-state index contributed by atoms with van der Waals surface area (Å²) in [5, 5.41) is 9.43. The lowest BCUT2D eigenvalue weighted by molar-refractivity contribution is -0.661. The predicted octanol–water partition coefficient (Wildman–Crippen LogP) is 4.40. The number of rotatable bonds is 7. The van der Waals surface area contributed by atoms with E-state index in [9.17, 15) is 9.18 Å². The summed E-state index contributed by atoms with van der Waals surface area (Å²) in [5.41, 5.74) is 4.38. The van der Waals surface area contributed by atoms with Crippen LogP contribution in [0.5, 0.6) is 0 Å². The molecule has 6 rings (SSSR count). The molecule has 0 radical (unpaired) electrons. The number of thiazole rings is 1. The molecule has 8 heteroatoms. The van der Waals surface area contributed by atoms with Crippen molar-refractivity contribution in [1.82, 2.24) is 15.1 Å². The summed E-state index contributed by atoms with van der Waals surface area (Å²) in [7, 11) is 2.05. The van der Waals surface area contributed by atoms with Gasteiger partial charge in [0.25, 0.3) is 5.91 Å². The van der Waals surface area contributed by atoms with Crippen LogP contribution >= 0.6 is 11.3 Å². The second-order valence-electron chi connectivity index (χ2n) is 9.16. The number of pyridine rings is 1. The number of amides is 1. The molecule has 0 atom stereocenters. The number of para-hydroxylation sites is 2. The smallest absolute Gasteiger partial charge is 0.286 e. The minimum atomic E-state index is -0.378. The molecule has 0 spiro atoms. The average Bonchev–Trinajstić information content (AvgIpc) is 3.58. The van der Waals surface area contributed by atoms with Gasteiger partial charge in [-0.25, -0.2) is 13.6 Å². The fourth-order valence-electron chi connectivity index (χ4n) is 4.86. The van der Waals surface area contributed by atoms with Crippen LogP contribution in [0.2, 0.25) is 0 Å². The van der Waals surface area contributed by atoms with Crippen molar-refractivity contribution < 1.29 is 18.3 Å². The molecular formula is C30H26FN5OS+2. The summed E-state index contributed by atoms with van der Waals surface area (Å²) in [4.78, 5) is 13.2. The summed E-state index contributed by atoms with van der Waals surface area (Å²) in [6, 6.07) is 25.2. The quantitative estimate of drug-likeness (QED) is 0.316. The maximum absolute atomic E-state index is 14.7. The molecule has 3 aromatic carbocycles. The van der Waals surface area contributed by atoms with Crippen LogP contribution in [0.25, 0.3) is 26.8 Å². The van der Waals surface area contributed by atoms with Crippen molar-refractivity contribution in [2.24, 2.45) is 7.05 Å². The lowest BCUT2D eigenvalue weighted by atomic mass is 10.1. The second kappa shape index (κ2) is 10.1. The molecule has 0 bridgehead atoms. The number of hydrogen-bond acceptors (Lipinski definition) is 3. The van der Waals surface area contributed by atoms with Crippen LogP contribution in [0.3, 0.4) is 0 Å². The van der Waals surface area contributed by atoms with Crippen LogP contribution in [0.1, 0.15) is 16.1 Å². The van der Waals surface area contributed by atoms with Gasteiger partial charge in [-0.2, -0.15) is 9.67 Å². The molecule has 0 unspecified atom stereocenters. The molecule has 0 aliphatic heterocycles. The van der Waals surface area contributed by atoms with Gasteiger partial charge < -0.3 is 5.32 Å². The summed E-state index contributed by atoms with van der Waals surface area (Å²) >= 11 is 1.70. The summed E-state index contributed by atoms with van der Waals surface area (Å²) in [5.74, 6) is -0.560. The molecule has 188 valence electrons. The molecular weight excluding hydrogens is 497 g/mol. The Morgan fingerprint density at radius 2 is 1.82 bits per heavy atom. The largest absolute Gasteiger partial charge is 0.346 e. The molecule has 38 heavy (non-hydrogen) atoms. The number of aryl methyl sites for hydroxylation is 1. The average molecular weight is 524 g/mol. The Morgan fingerprint density at radius 1 is 1.00 bits per heavy atom. The molecule has 1 amide bonds. The highest BCUT2D eigenvalue weighted by atomic mass is 32.1. The van der Waals surface area contributed by atoms with Crippen LogP contribution in [0.4, 0.5) is 4.39 Å². The Balaban J connectivity index is 1.29. The number of carbonyl (C=O) groups excluding carboxylic acids is 1. The SMILES string of the molecule is C[n+]1ccc(Cc2sc3ccccc3[n+]2CC(=O)NCc2c(F)cccc2-n2cccn2)c2ccccc21. The zero-order valence-electron chi connectivity index (χ0n) is 20.8. The molecule has 0 saturated heterocycles. The van der Waals surface area contributed by atoms with Crippen LogP contribution in [-0.4, -0.2) is 15.7 Å². The number of aromatic nitrogens is 4. The Kier molecular flexibility index (Phi) is 6.39. The normalized spacial score (nSPS) is 11.3. The van der Waals surface area contributed by atoms with Crippen LogP contribution in [-0.2, 0) is 31.4 Å². The van der Waals surface area contributed by atoms with Gasteiger partial charge >= 0.3 is 0 Å². The van der Waals surface area contributed by atoms with Crippen molar-refractivity contribution in [2.45, 2.75) is 19.5 Å². The van der Waals surface area contributed by atoms with Gasteiger partial charge in [-0.3, -0.25) is 4.79 Å². The first-order valence-corrected chi connectivity index (χ1v) is 13.2. The fourth-order valence-corrected chi connectivity index (χ4v) is 6.05. The molecule has 6 nitrogen and oxygen atoms in total. The van der Waals surface area contributed by atoms with E-state index in [-0.39, 0.29) is 24.8 Å². The van der Waals surface area contributed by atoms with Crippen molar-refractivity contribution in [2.75, 3.05) is 0 Å². The topological polar surface area (TPSA) is 54.7 Å². The van der Waals surface area contributed by atoms with E-state index in [2.05, 4.69) is 56.1 Å². The second-order valence-corrected chi connectivity index (χ2v) is 10.3. The third-order valence-corrected chi connectivity index (χ3v) is 7.93. The summed E-state index contributed by atoms with van der Waals surface area (Å²) < 4.78 is 21.7. The first-order valence-electron chi connectivity index (χ1n) is 12.4. The van der Waals surface area contributed by atoms with Crippen LogP contribution < -0.4 is 14.5 Å². The maximum atomic E-state index is 14.7. The Hall–Kier alpha value is -4.43. The van der Waals surface area contributed by atoms with Crippen molar-refractivity contribution >= 4 is 38.4 Å². The van der Waals surface area contributed by atoms with Gasteiger partial charge in [0, 0.05) is 42.7 Å². The van der Waals surface area contributed by atoms with Crippen molar-refractivity contribution in [1.29, 1.82) is 0 Å². The van der Waals surface area contributed by atoms with E-state index < -0.39 is 0 Å². The van der Waals surface area contributed by atoms with Gasteiger partial charge in [-0.05, 0) is 35.9 Å². The number of fused-ring (bicyclic) bond motifs is 2. The number of carbonyl (C=O) groups is 1. The zero-order chi connectivity index (χ0) is 26.1. The van der Waals surface area contributed by atoms with Gasteiger partial charge in [0.15, 0.2) is 6.20 Å². The highest BCUT2D eigenvalue weighted by Crippen LogP contribution is 2.25. The lowest BCUT2D eigenvalue weighted by Crippen LogP contribution is -2.44. The van der Waals surface area contributed by atoms with Crippen molar-refractivity contribution in [3.63, 3.8) is 0 Å². The Morgan fingerprint density at radius 3 is 2.66 bits per heavy atom. The van der Waals surface area contributed by atoms with Crippen LogP contribution in [0, 0.1) is 5.82 Å². The van der Waals surface area contributed by atoms with Gasteiger partial charge in [0.05, 0.1) is 17.5 Å². The number of nitrogens with zero attached hydrogens (tertiary/aromatic N) is 4. The lowest BCUT2D eigenvalue weighted by Gasteiger charge is -2.11. The third-order valence-electron chi connectivity index (χ3n) is 6.77. The fraction of sp³-hybridized carbons (Fsp3) is 0.133. The minimum absolute atomic E-state index is 0.0679. The van der Waals surface area contributed by atoms with Gasteiger partial charge in [0.2, 0.25) is 22.6 Å². The first kappa shape index (κ1) is 23.9. The first-order chi connectivity index (χ1) is 18.6. The Bertz CT molecular complexity index is 1780. The third kappa shape index (κ3) is 4.54. The van der Waals surface area contributed by atoms with E-state index in [1.807, 2.05) is 31.3 Å². The maximum Gasteiger partial charge on any atom is 0.286 e. The highest BCUT2D eigenvalue weighted by molar-refractivity contribution is 7.18. The standard InChI is InChI=1S/C30H25FN5OS/c1-34-17-14-21(22-8-2-3-10-25(22)34)18-30-35(27-11-4-5-13-28(27)38-30)20-29(37)32-19-23-24(31)9-6-12-26(23)36-16-7-15-33-36/h2-17H,18-20H2,1H3/q+1/p+1. The number of hydrogen-bond donors (Lipinski definition) is 1. The monoisotopic (exact) mass is 523 g/mol. The Labute approximate surface area is 223 Å². The van der Waals surface area contributed by atoms with Crippen molar-refractivity contribution in [3.05, 3.63) is 119 Å². The van der Waals surface area contributed by atoms with E-state index in [0.29, 0.717) is 17.7 Å². The highest BCUT2D eigenvalue weighted by Gasteiger charge is 2.25. The minimum Gasteiger partial charge on any atom is -0.346 e. The predicted molar refractivity (Wildman–Crippen MR) is 145 cm³/mol. The molecule has 3 heterocycles. The zero-order valence-corrected chi connectivity index (χ0v) is 21.7. The van der Waals surface area contributed by atoms with E-state index in [4.69, 9.17) is 0 Å². The molecule has 0 aliphatic carbocycles. The van der Waals surface area contributed by atoms with E-state index >= 15 is 0 Å². The van der Waals surface area contributed by atoms with Crippen molar-refractivity contribution in [3.8, 4) is 5.69 Å². The number of benzene rings is 3. The van der Waals surface area contributed by atoms with Crippen LogP contribution in [0.15, 0.2) is 97.5 Å². The van der Waals surface area contributed by atoms with Gasteiger partial charge in [-0.1, -0.05) is 41.7 Å². The molecule has 0 saturated carbocycles. The summed E-state index contributed by atoms with van der Waals surface area (Å²) in [6.45, 7) is 0.210. The molecule has 0 fully saturated rings. The molecule has 3 aromatic heterocycles. The number of halogens is 1. The summed E-state index contributed by atoms with van der Waals surface area (Å²) in [6.07, 6.45) is 6.18. The van der Waals surface area contributed by atoms with E-state index in [1.165, 1.54) is 17.0 Å². The van der Waals surface area contributed by atoms with Gasteiger partial charge in [0.1, 0.15) is 17.6 Å². The number of nitrogens with one attached hydrogen (secondary N) is 1. The van der Waals surface area contributed by atoms with E-state index in [0.717, 1.165) is 20.7 Å². The molecule has 0 aliphatic rings. The molecule has 1 N–H and O–H groups in total.